The third-order valence-electron chi connectivity index (χ3n) is 4.80. The van der Waals surface area contributed by atoms with Gasteiger partial charge in [0.15, 0.2) is 0 Å². The minimum atomic E-state index is -0.306. The van der Waals surface area contributed by atoms with Gasteiger partial charge in [-0.2, -0.15) is 5.10 Å². The summed E-state index contributed by atoms with van der Waals surface area (Å²) in [7, 11) is 1.51. The number of fused-ring (bicyclic) bond motifs is 1. The lowest BCUT2D eigenvalue weighted by molar-refractivity contribution is 0.0945. The first-order chi connectivity index (χ1) is 15.1. The van der Waals surface area contributed by atoms with Crippen LogP contribution in [0.5, 0.6) is 5.75 Å². The van der Waals surface area contributed by atoms with Crippen LogP contribution < -0.4 is 15.8 Å². The van der Waals surface area contributed by atoms with E-state index in [1.807, 2.05) is 6.08 Å². The Labute approximate surface area is 177 Å². The Morgan fingerprint density at radius 1 is 1.16 bits per heavy atom. The smallest absolute Gasteiger partial charge is 0.255 e. The number of ether oxygens (including phenoxy) is 1. The summed E-state index contributed by atoms with van der Waals surface area (Å²) < 4.78 is 24.2. The molecule has 0 aliphatic rings. The van der Waals surface area contributed by atoms with E-state index in [0.29, 0.717) is 40.5 Å². The third-order valence-corrected chi connectivity index (χ3v) is 4.80. The summed E-state index contributed by atoms with van der Waals surface area (Å²) >= 11 is 0. The fraction of sp³-hybridized carbons (Fsp3) is 0.130. The predicted octanol–water partition coefficient (Wildman–Crippen LogP) is 3.86. The van der Waals surface area contributed by atoms with Crippen LogP contribution in [-0.2, 0) is 13.1 Å². The Morgan fingerprint density at radius 2 is 1.94 bits per heavy atom. The van der Waals surface area contributed by atoms with Crippen molar-refractivity contribution in [3.8, 4) is 5.75 Å². The molecule has 31 heavy (non-hydrogen) atoms. The van der Waals surface area contributed by atoms with Crippen LogP contribution >= 0.6 is 0 Å². The molecule has 2 aromatic carbocycles. The number of carbonyl (C=O) groups excluding carboxylic acids is 1. The fourth-order valence-corrected chi connectivity index (χ4v) is 3.26. The molecular weight excluding hydrogens is 399 g/mol. The SMILES string of the molecule is COc1c(C(=O)NCc2ccc(CN)o2)ccc2[nH]nc(C=Cc3ccc(F)cc3)c12. The number of halogens is 1. The van der Waals surface area contributed by atoms with Crippen molar-refractivity contribution in [2.24, 2.45) is 5.73 Å². The topological polar surface area (TPSA) is 106 Å². The number of methoxy groups -OCH3 is 1. The van der Waals surface area contributed by atoms with Crippen molar-refractivity contribution in [2.75, 3.05) is 7.11 Å². The summed E-state index contributed by atoms with van der Waals surface area (Å²) in [5.74, 6) is 1.07. The number of carbonyl (C=O) groups is 1. The molecule has 2 heterocycles. The highest BCUT2D eigenvalue weighted by molar-refractivity contribution is 6.05. The zero-order valence-electron chi connectivity index (χ0n) is 16.8. The van der Waals surface area contributed by atoms with Gasteiger partial charge in [0.1, 0.15) is 23.1 Å². The lowest BCUT2D eigenvalue weighted by atomic mass is 10.1. The van der Waals surface area contributed by atoms with Gasteiger partial charge < -0.3 is 20.2 Å². The predicted molar refractivity (Wildman–Crippen MR) is 116 cm³/mol. The van der Waals surface area contributed by atoms with Crippen LogP contribution in [0.1, 0.15) is 33.1 Å². The average molecular weight is 420 g/mol. The van der Waals surface area contributed by atoms with Gasteiger partial charge in [-0.05, 0) is 48.0 Å². The van der Waals surface area contributed by atoms with Gasteiger partial charge in [-0.3, -0.25) is 9.89 Å². The minimum absolute atomic E-state index is 0.225. The van der Waals surface area contributed by atoms with Gasteiger partial charge in [-0.1, -0.05) is 18.2 Å². The van der Waals surface area contributed by atoms with Crippen LogP contribution in [0.15, 0.2) is 52.9 Å². The van der Waals surface area contributed by atoms with E-state index in [4.69, 9.17) is 14.9 Å². The Balaban J connectivity index is 1.61. The molecule has 4 aromatic rings. The van der Waals surface area contributed by atoms with Crippen LogP contribution in [-0.4, -0.2) is 23.2 Å². The Kier molecular flexibility index (Phi) is 5.81. The first kappa shape index (κ1) is 20.4. The molecule has 8 heteroatoms. The second-order valence-electron chi connectivity index (χ2n) is 6.82. The van der Waals surface area contributed by atoms with E-state index < -0.39 is 0 Å². The highest BCUT2D eigenvalue weighted by Gasteiger charge is 2.19. The van der Waals surface area contributed by atoms with Crippen molar-refractivity contribution in [2.45, 2.75) is 13.1 Å². The molecule has 0 bridgehead atoms. The standard InChI is InChI=1S/C23H21FN4O3/c1-30-22-18(23(29)26-13-17-8-7-16(12-25)31-17)9-11-20-21(22)19(27-28-20)10-4-14-2-5-15(24)6-3-14/h2-11H,12-13,25H2,1H3,(H,26,29)(H,27,28). The zero-order chi connectivity index (χ0) is 21.8. The Hall–Kier alpha value is -3.91. The largest absolute Gasteiger partial charge is 0.495 e. The van der Waals surface area contributed by atoms with E-state index in [2.05, 4.69) is 15.5 Å². The lowest BCUT2D eigenvalue weighted by Gasteiger charge is -2.10. The maximum atomic E-state index is 13.1. The van der Waals surface area contributed by atoms with Crippen LogP contribution in [0.25, 0.3) is 23.1 Å². The van der Waals surface area contributed by atoms with Crippen molar-refractivity contribution in [1.29, 1.82) is 0 Å². The summed E-state index contributed by atoms with van der Waals surface area (Å²) in [5, 5.41) is 10.8. The van der Waals surface area contributed by atoms with Crippen molar-refractivity contribution in [3.05, 3.63) is 82.7 Å². The lowest BCUT2D eigenvalue weighted by Crippen LogP contribution is -2.23. The molecule has 1 amide bonds. The molecule has 0 aliphatic carbocycles. The maximum Gasteiger partial charge on any atom is 0.255 e. The summed E-state index contributed by atoms with van der Waals surface area (Å²) in [4.78, 5) is 12.8. The molecular formula is C23H21FN4O3. The van der Waals surface area contributed by atoms with E-state index in [-0.39, 0.29) is 18.3 Å². The first-order valence-electron chi connectivity index (χ1n) is 9.63. The minimum Gasteiger partial charge on any atom is -0.495 e. The molecule has 2 aromatic heterocycles. The second kappa shape index (κ2) is 8.85. The molecule has 4 rings (SSSR count). The molecule has 0 fully saturated rings. The molecule has 0 saturated heterocycles. The molecule has 7 nitrogen and oxygen atoms in total. The molecule has 0 aliphatic heterocycles. The molecule has 0 spiro atoms. The highest BCUT2D eigenvalue weighted by atomic mass is 19.1. The van der Waals surface area contributed by atoms with Gasteiger partial charge in [-0.15, -0.1) is 0 Å². The quantitative estimate of drug-likeness (QED) is 0.421. The van der Waals surface area contributed by atoms with E-state index in [0.717, 1.165) is 11.1 Å². The normalized spacial score (nSPS) is 11.3. The number of hydrogen-bond donors (Lipinski definition) is 3. The van der Waals surface area contributed by atoms with E-state index in [1.54, 1.807) is 42.5 Å². The van der Waals surface area contributed by atoms with Crippen molar-refractivity contribution >= 4 is 29.0 Å². The van der Waals surface area contributed by atoms with Gasteiger partial charge in [-0.25, -0.2) is 4.39 Å². The first-order valence-corrected chi connectivity index (χ1v) is 9.63. The molecule has 0 saturated carbocycles. The highest BCUT2D eigenvalue weighted by Crippen LogP contribution is 2.32. The van der Waals surface area contributed by atoms with Gasteiger partial charge in [0.2, 0.25) is 0 Å². The summed E-state index contributed by atoms with van der Waals surface area (Å²) in [6, 6.07) is 13.1. The van der Waals surface area contributed by atoms with E-state index in [1.165, 1.54) is 19.2 Å². The van der Waals surface area contributed by atoms with Crippen LogP contribution in [0, 0.1) is 5.82 Å². The third kappa shape index (κ3) is 4.34. The fourth-order valence-electron chi connectivity index (χ4n) is 3.26. The Morgan fingerprint density at radius 3 is 2.65 bits per heavy atom. The number of hydrogen-bond acceptors (Lipinski definition) is 5. The summed E-state index contributed by atoms with van der Waals surface area (Å²) in [5.41, 5.74) is 8.07. The molecule has 4 N–H and O–H groups in total. The van der Waals surface area contributed by atoms with E-state index in [9.17, 15) is 9.18 Å². The second-order valence-corrected chi connectivity index (χ2v) is 6.82. The number of aromatic nitrogens is 2. The maximum absolute atomic E-state index is 13.1. The number of nitrogens with zero attached hydrogens (tertiary/aromatic N) is 1. The molecule has 0 unspecified atom stereocenters. The van der Waals surface area contributed by atoms with Gasteiger partial charge in [0.05, 0.1) is 42.4 Å². The number of benzene rings is 2. The monoisotopic (exact) mass is 420 g/mol. The number of nitrogens with one attached hydrogen (secondary N) is 2. The number of nitrogens with two attached hydrogens (primary N) is 1. The summed E-state index contributed by atoms with van der Waals surface area (Å²) in [6.07, 6.45) is 3.60. The number of amides is 1. The average Bonchev–Trinajstić information content (AvgIpc) is 3.43. The number of rotatable bonds is 7. The van der Waals surface area contributed by atoms with Crippen molar-refractivity contribution < 1.29 is 18.3 Å². The van der Waals surface area contributed by atoms with E-state index >= 15 is 0 Å². The van der Waals surface area contributed by atoms with Crippen LogP contribution in [0.4, 0.5) is 4.39 Å². The van der Waals surface area contributed by atoms with Crippen molar-refractivity contribution in [1.82, 2.24) is 15.5 Å². The van der Waals surface area contributed by atoms with Gasteiger partial charge >= 0.3 is 0 Å². The molecule has 0 radical (unpaired) electrons. The zero-order valence-corrected chi connectivity index (χ0v) is 16.8. The molecule has 158 valence electrons. The molecule has 0 atom stereocenters. The van der Waals surface area contributed by atoms with Crippen LogP contribution in [0.2, 0.25) is 0 Å². The number of aromatic amines is 1. The number of H-pyrrole nitrogens is 1. The van der Waals surface area contributed by atoms with Crippen molar-refractivity contribution in [3.63, 3.8) is 0 Å². The summed E-state index contributed by atoms with van der Waals surface area (Å²) in [6.45, 7) is 0.524. The Bertz CT molecular complexity index is 1240. The van der Waals surface area contributed by atoms with Crippen LogP contribution in [0.3, 0.4) is 0 Å². The number of furan rings is 1. The van der Waals surface area contributed by atoms with Gasteiger partial charge in [0.25, 0.3) is 5.91 Å². The van der Waals surface area contributed by atoms with Gasteiger partial charge in [0, 0.05) is 0 Å².